The maximum Gasteiger partial charge on any atom is 0.323 e. The van der Waals surface area contributed by atoms with Crippen molar-refractivity contribution < 1.29 is 19.1 Å². The van der Waals surface area contributed by atoms with Gasteiger partial charge in [-0.3, -0.25) is 9.59 Å². The molecule has 0 fully saturated rings. The predicted molar refractivity (Wildman–Crippen MR) is 70.1 cm³/mol. The van der Waals surface area contributed by atoms with Gasteiger partial charge >= 0.3 is 11.9 Å². The number of esters is 2. The van der Waals surface area contributed by atoms with Gasteiger partial charge in [0, 0.05) is 0 Å². The maximum atomic E-state index is 12.1. The third-order valence-electron chi connectivity index (χ3n) is 3.25. The summed E-state index contributed by atoms with van der Waals surface area (Å²) in [4.78, 5) is 24.0. The second-order valence-electron chi connectivity index (χ2n) is 4.35. The number of ether oxygens (including phenoxy) is 2. The molecule has 0 saturated carbocycles. The molecule has 0 aliphatic carbocycles. The fourth-order valence-electron chi connectivity index (χ4n) is 1.83. The molecule has 0 aromatic carbocycles. The highest BCUT2D eigenvalue weighted by Crippen LogP contribution is 2.30. The molecule has 0 aromatic rings. The zero-order chi connectivity index (χ0) is 14.0. The van der Waals surface area contributed by atoms with Crippen molar-refractivity contribution in [3.8, 4) is 0 Å². The van der Waals surface area contributed by atoms with Gasteiger partial charge in [0.05, 0.1) is 13.2 Å². The summed E-state index contributed by atoms with van der Waals surface area (Å²) in [5.41, 5.74) is -1.12. The molecule has 0 bridgehead atoms. The Bertz CT molecular complexity index is 257. The standard InChI is InChI=1S/C14H26O4/c1-5-9-10-11-18-13(16)14(6-2,7-3)12(15)17-8-4/h5-11H2,1-4H3. The SMILES string of the molecule is CCCCCOC(=O)C(CC)(CC)C(=O)OCC. The Morgan fingerprint density at radius 2 is 1.44 bits per heavy atom. The molecule has 0 unspecified atom stereocenters. The minimum absolute atomic E-state index is 0.281. The third kappa shape index (κ3) is 4.31. The quantitative estimate of drug-likeness (QED) is 0.362. The van der Waals surface area contributed by atoms with Crippen molar-refractivity contribution in [2.75, 3.05) is 13.2 Å². The van der Waals surface area contributed by atoms with Crippen LogP contribution in [0.4, 0.5) is 0 Å². The number of carbonyl (C=O) groups excluding carboxylic acids is 2. The lowest BCUT2D eigenvalue weighted by Gasteiger charge is -2.26. The van der Waals surface area contributed by atoms with Crippen LogP contribution in [0.25, 0.3) is 0 Å². The summed E-state index contributed by atoms with van der Waals surface area (Å²) in [7, 11) is 0. The van der Waals surface area contributed by atoms with E-state index in [1.54, 1.807) is 6.92 Å². The van der Waals surface area contributed by atoms with Crippen molar-refractivity contribution in [3.63, 3.8) is 0 Å². The van der Waals surface area contributed by atoms with Gasteiger partial charge in [-0.15, -0.1) is 0 Å². The summed E-state index contributed by atoms with van der Waals surface area (Å²) in [6, 6.07) is 0. The first-order chi connectivity index (χ1) is 8.58. The topological polar surface area (TPSA) is 52.6 Å². The Labute approximate surface area is 110 Å². The Morgan fingerprint density at radius 3 is 1.89 bits per heavy atom. The van der Waals surface area contributed by atoms with Gasteiger partial charge in [0.1, 0.15) is 0 Å². The predicted octanol–water partition coefficient (Wildman–Crippen LogP) is 3.09. The second-order valence-corrected chi connectivity index (χ2v) is 4.35. The highest BCUT2D eigenvalue weighted by Gasteiger charge is 2.45. The molecule has 18 heavy (non-hydrogen) atoms. The van der Waals surface area contributed by atoms with Crippen LogP contribution in [0.3, 0.4) is 0 Å². The van der Waals surface area contributed by atoms with E-state index in [0.29, 0.717) is 19.4 Å². The van der Waals surface area contributed by atoms with Crippen LogP contribution in [0.1, 0.15) is 59.8 Å². The van der Waals surface area contributed by atoms with Crippen LogP contribution in [0.2, 0.25) is 0 Å². The van der Waals surface area contributed by atoms with Crippen LogP contribution >= 0.6 is 0 Å². The van der Waals surface area contributed by atoms with Crippen LogP contribution in [-0.4, -0.2) is 25.2 Å². The minimum Gasteiger partial charge on any atom is -0.465 e. The number of rotatable bonds is 9. The molecule has 0 amide bonds. The fourth-order valence-corrected chi connectivity index (χ4v) is 1.83. The van der Waals surface area contributed by atoms with Gasteiger partial charge in [-0.1, -0.05) is 33.6 Å². The van der Waals surface area contributed by atoms with Crippen LogP contribution < -0.4 is 0 Å². The van der Waals surface area contributed by atoms with Gasteiger partial charge in [-0.05, 0) is 26.2 Å². The maximum absolute atomic E-state index is 12.1. The number of hydrogen-bond donors (Lipinski definition) is 0. The molecule has 0 radical (unpaired) electrons. The van der Waals surface area contributed by atoms with E-state index in [1.807, 2.05) is 13.8 Å². The summed E-state index contributed by atoms with van der Waals surface area (Å²) in [6.07, 6.45) is 3.76. The Hall–Kier alpha value is -1.06. The largest absolute Gasteiger partial charge is 0.465 e. The normalized spacial score (nSPS) is 11.1. The number of hydrogen-bond acceptors (Lipinski definition) is 4. The van der Waals surface area contributed by atoms with E-state index in [0.717, 1.165) is 19.3 Å². The molecule has 0 N–H and O–H groups in total. The average Bonchev–Trinajstić information content (AvgIpc) is 2.37. The molecule has 0 heterocycles. The van der Waals surface area contributed by atoms with Crippen LogP contribution in [0, 0.1) is 5.41 Å². The van der Waals surface area contributed by atoms with Crippen LogP contribution in [0.5, 0.6) is 0 Å². The smallest absolute Gasteiger partial charge is 0.323 e. The number of unbranched alkanes of at least 4 members (excludes halogenated alkanes) is 2. The molecule has 106 valence electrons. The van der Waals surface area contributed by atoms with Crippen LogP contribution in [0.15, 0.2) is 0 Å². The molecule has 0 rings (SSSR count). The molecule has 0 atom stereocenters. The van der Waals surface area contributed by atoms with E-state index < -0.39 is 17.4 Å². The number of carbonyl (C=O) groups is 2. The lowest BCUT2D eigenvalue weighted by molar-refractivity contribution is -0.173. The van der Waals surface area contributed by atoms with Gasteiger partial charge in [0.2, 0.25) is 0 Å². The molecule has 0 saturated heterocycles. The van der Waals surface area contributed by atoms with Crippen LogP contribution in [-0.2, 0) is 19.1 Å². The van der Waals surface area contributed by atoms with Gasteiger partial charge in [0.25, 0.3) is 0 Å². The Morgan fingerprint density at radius 1 is 0.889 bits per heavy atom. The first-order valence-corrected chi connectivity index (χ1v) is 6.93. The monoisotopic (exact) mass is 258 g/mol. The zero-order valence-corrected chi connectivity index (χ0v) is 12.1. The van der Waals surface area contributed by atoms with E-state index >= 15 is 0 Å². The molecule has 0 aromatic heterocycles. The highest BCUT2D eigenvalue weighted by atomic mass is 16.6. The van der Waals surface area contributed by atoms with Crippen molar-refractivity contribution in [1.29, 1.82) is 0 Å². The Kier molecular flexibility index (Phi) is 8.42. The Balaban J connectivity index is 4.56. The van der Waals surface area contributed by atoms with Gasteiger partial charge in [0.15, 0.2) is 5.41 Å². The summed E-state index contributed by atoms with van der Waals surface area (Å²) in [5.74, 6) is -0.905. The van der Waals surface area contributed by atoms with E-state index in [1.165, 1.54) is 0 Å². The minimum atomic E-state index is -1.12. The third-order valence-corrected chi connectivity index (χ3v) is 3.25. The van der Waals surface area contributed by atoms with Gasteiger partial charge in [-0.25, -0.2) is 0 Å². The molecular formula is C14H26O4. The molecule has 4 nitrogen and oxygen atoms in total. The van der Waals surface area contributed by atoms with Crippen molar-refractivity contribution in [2.24, 2.45) is 5.41 Å². The van der Waals surface area contributed by atoms with Gasteiger partial charge in [-0.2, -0.15) is 0 Å². The van der Waals surface area contributed by atoms with E-state index in [-0.39, 0.29) is 6.61 Å². The van der Waals surface area contributed by atoms with Crippen molar-refractivity contribution in [2.45, 2.75) is 59.8 Å². The van der Waals surface area contributed by atoms with E-state index in [9.17, 15) is 9.59 Å². The fraction of sp³-hybridized carbons (Fsp3) is 0.857. The highest BCUT2D eigenvalue weighted by molar-refractivity contribution is 5.99. The van der Waals surface area contributed by atoms with Crippen molar-refractivity contribution >= 4 is 11.9 Å². The van der Waals surface area contributed by atoms with Crippen molar-refractivity contribution in [3.05, 3.63) is 0 Å². The lowest BCUT2D eigenvalue weighted by atomic mass is 9.82. The molecular weight excluding hydrogens is 232 g/mol. The summed E-state index contributed by atoms with van der Waals surface area (Å²) in [5, 5.41) is 0. The summed E-state index contributed by atoms with van der Waals surface area (Å²) >= 11 is 0. The lowest BCUT2D eigenvalue weighted by Crippen LogP contribution is -2.41. The molecule has 0 aliphatic rings. The average molecular weight is 258 g/mol. The first kappa shape index (κ1) is 16.9. The molecule has 0 spiro atoms. The van der Waals surface area contributed by atoms with Gasteiger partial charge < -0.3 is 9.47 Å². The van der Waals surface area contributed by atoms with E-state index in [4.69, 9.17) is 9.47 Å². The molecule has 4 heteroatoms. The van der Waals surface area contributed by atoms with E-state index in [2.05, 4.69) is 6.92 Å². The zero-order valence-electron chi connectivity index (χ0n) is 12.1. The molecule has 0 aliphatic heterocycles. The first-order valence-electron chi connectivity index (χ1n) is 6.93. The summed E-state index contributed by atoms with van der Waals surface area (Å²) < 4.78 is 10.2. The summed E-state index contributed by atoms with van der Waals surface area (Å²) in [6.45, 7) is 8.11. The van der Waals surface area contributed by atoms with Crippen molar-refractivity contribution in [1.82, 2.24) is 0 Å². The second kappa shape index (κ2) is 8.95.